The van der Waals surface area contributed by atoms with Crippen LogP contribution in [0.4, 0.5) is 0 Å². The van der Waals surface area contributed by atoms with Gasteiger partial charge in [-0.2, -0.15) is 0 Å². The Morgan fingerprint density at radius 3 is 2.94 bits per heavy atom. The van der Waals surface area contributed by atoms with Crippen LogP contribution in [0.15, 0.2) is 18.5 Å². The first-order valence-electron chi connectivity index (χ1n) is 5.25. The summed E-state index contributed by atoms with van der Waals surface area (Å²) in [4.78, 5) is 29.0. The van der Waals surface area contributed by atoms with Crippen molar-refractivity contribution in [2.45, 2.75) is 6.92 Å². The Labute approximate surface area is 101 Å². The number of nitrogens with one attached hydrogen (secondary N) is 2. The van der Waals surface area contributed by atoms with Crippen molar-refractivity contribution >= 4 is 17.1 Å². The molecule has 0 spiro atoms. The number of carboxylic acid groups (broad SMARTS) is 1. The molecule has 18 heavy (non-hydrogen) atoms. The molecule has 7 heteroatoms. The molecule has 3 aromatic rings. The van der Waals surface area contributed by atoms with Crippen LogP contribution in [0.25, 0.3) is 22.7 Å². The minimum absolute atomic E-state index is 0.00535. The highest BCUT2D eigenvalue weighted by Gasteiger charge is 2.17. The summed E-state index contributed by atoms with van der Waals surface area (Å²) in [5.41, 5.74) is 2.42. The molecule has 0 saturated heterocycles. The summed E-state index contributed by atoms with van der Waals surface area (Å²) in [5, 5.41) is 9.01. The van der Waals surface area contributed by atoms with Crippen molar-refractivity contribution in [1.82, 2.24) is 24.9 Å². The van der Waals surface area contributed by atoms with E-state index < -0.39 is 5.97 Å². The Hall–Kier alpha value is -2.70. The van der Waals surface area contributed by atoms with Crippen molar-refractivity contribution in [1.29, 1.82) is 0 Å². The van der Waals surface area contributed by atoms with Gasteiger partial charge in [-0.05, 0) is 19.1 Å². The van der Waals surface area contributed by atoms with E-state index in [-0.39, 0.29) is 11.4 Å². The van der Waals surface area contributed by atoms with Crippen molar-refractivity contribution in [3.8, 4) is 11.5 Å². The van der Waals surface area contributed by atoms with Gasteiger partial charge in [-0.1, -0.05) is 0 Å². The smallest absolute Gasteiger partial charge is 0.354 e. The molecule has 90 valence electrons. The molecule has 0 saturated carbocycles. The number of hydrogen-bond donors (Lipinski definition) is 3. The third kappa shape index (κ3) is 1.53. The maximum absolute atomic E-state index is 11.0. The van der Waals surface area contributed by atoms with Crippen LogP contribution in [0.3, 0.4) is 0 Å². The zero-order valence-electron chi connectivity index (χ0n) is 9.43. The van der Waals surface area contributed by atoms with Gasteiger partial charge in [0.05, 0.1) is 11.8 Å². The lowest BCUT2D eigenvalue weighted by Crippen LogP contribution is -1.99. The van der Waals surface area contributed by atoms with Crippen molar-refractivity contribution in [3.63, 3.8) is 0 Å². The molecule has 0 aromatic carbocycles. The Morgan fingerprint density at radius 1 is 1.33 bits per heavy atom. The number of carboxylic acids is 1. The highest BCUT2D eigenvalue weighted by atomic mass is 16.4. The van der Waals surface area contributed by atoms with Gasteiger partial charge >= 0.3 is 5.97 Å². The predicted molar refractivity (Wildman–Crippen MR) is 63.2 cm³/mol. The molecule has 0 amide bonds. The molecule has 0 unspecified atom stereocenters. The molecule has 0 atom stereocenters. The van der Waals surface area contributed by atoms with Gasteiger partial charge in [-0.15, -0.1) is 0 Å². The average molecular weight is 243 g/mol. The van der Waals surface area contributed by atoms with Crippen LogP contribution in [0, 0.1) is 6.92 Å². The molecule has 0 bridgehead atoms. The second-order valence-corrected chi connectivity index (χ2v) is 3.84. The molecule has 7 nitrogen and oxygen atoms in total. The van der Waals surface area contributed by atoms with Crippen LogP contribution in [0.2, 0.25) is 0 Å². The molecule has 0 fully saturated rings. The van der Waals surface area contributed by atoms with Gasteiger partial charge in [0.1, 0.15) is 5.69 Å². The monoisotopic (exact) mass is 243 g/mol. The number of hydrogen-bond acceptors (Lipinski definition) is 4. The van der Waals surface area contributed by atoms with E-state index in [1.165, 1.54) is 6.33 Å². The number of aromatic amines is 2. The highest BCUT2D eigenvalue weighted by molar-refractivity contribution is 5.92. The lowest BCUT2D eigenvalue weighted by Gasteiger charge is -1.92. The largest absolute Gasteiger partial charge is 0.477 e. The summed E-state index contributed by atoms with van der Waals surface area (Å²) in [7, 11) is 0. The van der Waals surface area contributed by atoms with Gasteiger partial charge in [0.25, 0.3) is 0 Å². The van der Waals surface area contributed by atoms with Crippen molar-refractivity contribution in [2.24, 2.45) is 0 Å². The molecule has 0 radical (unpaired) electrons. The van der Waals surface area contributed by atoms with Gasteiger partial charge in [-0.25, -0.2) is 19.7 Å². The minimum atomic E-state index is -1.08. The quantitative estimate of drug-likeness (QED) is 0.629. The SMILES string of the molecule is Cc1ccc2[nH]c(-c3nc[nH]c3C(=O)O)nc2n1. The Kier molecular flexibility index (Phi) is 2.12. The standard InChI is InChI=1S/C11H9N5O2/c1-5-2-3-6-9(14-5)16-10(15-6)7-8(11(17)18)13-4-12-7/h2-4H,1H3,(H,12,13)(H,17,18)(H,14,15,16). The third-order valence-electron chi connectivity index (χ3n) is 2.56. The number of rotatable bonds is 2. The van der Waals surface area contributed by atoms with Crippen molar-refractivity contribution in [3.05, 3.63) is 29.8 Å². The van der Waals surface area contributed by atoms with Gasteiger partial charge in [-0.3, -0.25) is 0 Å². The maximum Gasteiger partial charge on any atom is 0.354 e. The first-order valence-corrected chi connectivity index (χ1v) is 5.25. The van der Waals surface area contributed by atoms with E-state index in [1.54, 1.807) is 0 Å². The number of aromatic carboxylic acids is 1. The molecular weight excluding hydrogens is 234 g/mol. The minimum Gasteiger partial charge on any atom is -0.477 e. The normalized spacial score (nSPS) is 10.9. The topological polar surface area (TPSA) is 108 Å². The van der Waals surface area contributed by atoms with Crippen LogP contribution >= 0.6 is 0 Å². The van der Waals surface area contributed by atoms with E-state index in [1.807, 2.05) is 19.1 Å². The number of aryl methyl sites for hydroxylation is 1. The maximum atomic E-state index is 11.0. The molecular formula is C11H9N5O2. The molecule has 3 N–H and O–H groups in total. The fourth-order valence-corrected chi connectivity index (χ4v) is 1.74. The number of aromatic nitrogens is 5. The number of nitrogens with zero attached hydrogens (tertiary/aromatic N) is 3. The van der Waals surface area contributed by atoms with Gasteiger partial charge < -0.3 is 15.1 Å². The third-order valence-corrected chi connectivity index (χ3v) is 2.56. The van der Waals surface area contributed by atoms with Crippen molar-refractivity contribution in [2.75, 3.05) is 0 Å². The van der Waals surface area contributed by atoms with Gasteiger partial charge in [0, 0.05) is 5.69 Å². The number of H-pyrrole nitrogens is 2. The molecule has 0 aliphatic heterocycles. The summed E-state index contributed by atoms with van der Waals surface area (Å²) in [5.74, 6) is -0.686. The molecule has 0 aliphatic carbocycles. The summed E-state index contributed by atoms with van der Waals surface area (Å²) in [6, 6.07) is 3.70. The number of fused-ring (bicyclic) bond motifs is 1. The lowest BCUT2D eigenvalue weighted by molar-refractivity contribution is 0.0692. The molecule has 3 aromatic heterocycles. The Morgan fingerprint density at radius 2 is 2.17 bits per heavy atom. The van der Waals surface area contributed by atoms with Crippen LogP contribution in [-0.2, 0) is 0 Å². The predicted octanol–water partition coefficient (Wildman–Crippen LogP) is 1.35. The van der Waals surface area contributed by atoms with Gasteiger partial charge in [0.15, 0.2) is 17.2 Å². The first-order chi connectivity index (χ1) is 8.65. The second-order valence-electron chi connectivity index (χ2n) is 3.84. The fraction of sp³-hybridized carbons (Fsp3) is 0.0909. The van der Waals surface area contributed by atoms with E-state index in [4.69, 9.17) is 5.11 Å². The number of pyridine rings is 1. The molecule has 3 rings (SSSR count). The zero-order chi connectivity index (χ0) is 12.7. The summed E-state index contributed by atoms with van der Waals surface area (Å²) < 4.78 is 0. The van der Waals surface area contributed by atoms with E-state index in [9.17, 15) is 4.79 Å². The van der Waals surface area contributed by atoms with E-state index >= 15 is 0 Å². The van der Waals surface area contributed by atoms with E-state index in [0.717, 1.165) is 11.2 Å². The summed E-state index contributed by atoms with van der Waals surface area (Å²) in [6.45, 7) is 1.87. The Balaban J connectivity index is 2.19. The van der Waals surface area contributed by atoms with Crippen molar-refractivity contribution < 1.29 is 9.90 Å². The number of imidazole rings is 2. The first kappa shape index (κ1) is 10.5. The van der Waals surface area contributed by atoms with Crippen LogP contribution in [-0.4, -0.2) is 36.0 Å². The summed E-state index contributed by atoms with van der Waals surface area (Å²) in [6.07, 6.45) is 1.32. The Bertz CT molecular complexity index is 743. The summed E-state index contributed by atoms with van der Waals surface area (Å²) >= 11 is 0. The number of carbonyl (C=O) groups is 1. The second kappa shape index (κ2) is 3.66. The van der Waals surface area contributed by atoms with Crippen LogP contribution in [0.1, 0.15) is 16.2 Å². The van der Waals surface area contributed by atoms with E-state index in [2.05, 4.69) is 24.9 Å². The average Bonchev–Trinajstić information content (AvgIpc) is 2.93. The molecule has 0 aliphatic rings. The van der Waals surface area contributed by atoms with Crippen LogP contribution < -0.4 is 0 Å². The van der Waals surface area contributed by atoms with Gasteiger partial charge in [0.2, 0.25) is 0 Å². The fourth-order valence-electron chi connectivity index (χ4n) is 1.74. The lowest BCUT2D eigenvalue weighted by atomic mass is 10.3. The van der Waals surface area contributed by atoms with Crippen LogP contribution in [0.5, 0.6) is 0 Å². The highest BCUT2D eigenvalue weighted by Crippen LogP contribution is 2.20. The van der Waals surface area contributed by atoms with E-state index in [0.29, 0.717) is 11.5 Å². The molecule has 3 heterocycles. The zero-order valence-corrected chi connectivity index (χ0v) is 9.43.